The van der Waals surface area contributed by atoms with E-state index in [0.717, 1.165) is 9.75 Å². The summed E-state index contributed by atoms with van der Waals surface area (Å²) in [4.78, 5) is 4.16. The molecule has 2 rings (SSSR count). The van der Waals surface area contributed by atoms with Gasteiger partial charge in [0.25, 0.3) is 0 Å². The first kappa shape index (κ1) is 11.6. The van der Waals surface area contributed by atoms with Crippen molar-refractivity contribution in [1.82, 2.24) is 9.59 Å². The second-order valence-electron chi connectivity index (χ2n) is 2.66. The van der Waals surface area contributed by atoms with Crippen LogP contribution in [0.25, 0.3) is 21.0 Å². The number of hydrogen-bond donors (Lipinski definition) is 0. The smallest absolute Gasteiger partial charge is 0.117 e. The Morgan fingerprint density at radius 2 is 2.25 bits per heavy atom. The number of thiophene rings is 1. The average Bonchev–Trinajstić information content (AvgIpc) is 2.88. The molecule has 0 aliphatic carbocycles. The lowest BCUT2D eigenvalue weighted by Gasteiger charge is -1.89. The van der Waals surface area contributed by atoms with Gasteiger partial charge in [-0.05, 0) is 17.1 Å². The predicted octanol–water partition coefficient (Wildman–Crippen LogP) is 4.38. The summed E-state index contributed by atoms with van der Waals surface area (Å²) in [6.07, 6.45) is 0. The summed E-state index contributed by atoms with van der Waals surface area (Å²) < 4.78 is 3.76. The Morgan fingerprint density at radius 3 is 2.88 bits per heavy atom. The van der Waals surface area contributed by atoms with Gasteiger partial charge in [-0.3, -0.25) is 0 Å². The largest absolute Gasteiger partial charge is 0.137 e. The number of hydrogen-bond acceptors (Lipinski definition) is 5. The van der Waals surface area contributed by atoms with Crippen molar-refractivity contribution < 1.29 is 0 Å². The number of rotatable bonds is 3. The van der Waals surface area contributed by atoms with Gasteiger partial charge in [0, 0.05) is 15.2 Å². The Bertz CT molecular complexity index is 543. The maximum atomic E-state index is 8.24. The zero-order chi connectivity index (χ0) is 11.5. The van der Waals surface area contributed by atoms with E-state index in [4.69, 9.17) is 28.7 Å². The highest BCUT2D eigenvalue weighted by atomic mass is 35.5. The zero-order valence-corrected chi connectivity index (χ0v) is 10.7. The summed E-state index contributed by atoms with van der Waals surface area (Å²) >= 11 is 14.7. The van der Waals surface area contributed by atoms with Crippen LogP contribution in [-0.2, 0) is 6.54 Å². The van der Waals surface area contributed by atoms with Crippen molar-refractivity contribution in [3.05, 3.63) is 30.7 Å². The average molecular weight is 292 g/mol. The molecule has 2 aromatic heterocycles. The monoisotopic (exact) mass is 291 g/mol. The highest BCUT2D eigenvalue weighted by Gasteiger charge is 2.17. The third kappa shape index (κ3) is 2.14. The van der Waals surface area contributed by atoms with Gasteiger partial charge in [-0.2, -0.15) is 0 Å². The van der Waals surface area contributed by atoms with Gasteiger partial charge in [0.15, 0.2) is 0 Å². The standard InChI is InChI=1S/C7H3Cl2N5S2/c8-5-4(1-11-13-10)16-7(6(5)9)3-2-15-14-12-3/h2H,1H2. The van der Waals surface area contributed by atoms with Crippen LogP contribution in [0.4, 0.5) is 0 Å². The minimum atomic E-state index is 0.192. The lowest BCUT2D eigenvalue weighted by Crippen LogP contribution is -1.72. The van der Waals surface area contributed by atoms with E-state index in [1.54, 1.807) is 5.38 Å². The van der Waals surface area contributed by atoms with Crippen molar-refractivity contribution in [1.29, 1.82) is 0 Å². The number of aromatic nitrogens is 2. The Kier molecular flexibility index (Phi) is 3.63. The van der Waals surface area contributed by atoms with Crippen LogP contribution < -0.4 is 0 Å². The van der Waals surface area contributed by atoms with Crippen LogP contribution in [0.1, 0.15) is 4.88 Å². The second kappa shape index (κ2) is 4.99. The Morgan fingerprint density at radius 1 is 1.44 bits per heavy atom. The molecule has 0 unspecified atom stereocenters. The predicted molar refractivity (Wildman–Crippen MR) is 66.1 cm³/mol. The van der Waals surface area contributed by atoms with Crippen molar-refractivity contribution in [3.8, 4) is 10.6 Å². The molecule has 0 aliphatic heterocycles. The summed E-state index contributed by atoms with van der Waals surface area (Å²) in [7, 11) is 0. The fourth-order valence-electron chi connectivity index (χ4n) is 1.06. The van der Waals surface area contributed by atoms with Gasteiger partial charge in [0.2, 0.25) is 0 Å². The number of nitrogens with zero attached hydrogens (tertiary/aromatic N) is 5. The van der Waals surface area contributed by atoms with Crippen molar-refractivity contribution in [2.45, 2.75) is 6.54 Å². The molecule has 0 bridgehead atoms. The molecule has 0 amide bonds. The molecule has 0 aromatic carbocycles. The first-order chi connectivity index (χ1) is 7.74. The molecule has 0 radical (unpaired) electrons. The van der Waals surface area contributed by atoms with Crippen LogP contribution in [0.2, 0.25) is 10.0 Å². The van der Waals surface area contributed by atoms with E-state index < -0.39 is 0 Å². The molecule has 0 atom stereocenters. The summed E-state index contributed by atoms with van der Waals surface area (Å²) in [5, 5.41) is 10.0. The molecule has 0 fully saturated rings. The minimum Gasteiger partial charge on any atom is -0.137 e. The van der Waals surface area contributed by atoms with Gasteiger partial charge in [-0.1, -0.05) is 32.8 Å². The van der Waals surface area contributed by atoms with Crippen molar-refractivity contribution in [2.75, 3.05) is 0 Å². The maximum absolute atomic E-state index is 8.24. The fourth-order valence-corrected chi connectivity index (χ4v) is 3.25. The van der Waals surface area contributed by atoms with E-state index in [9.17, 15) is 0 Å². The minimum absolute atomic E-state index is 0.192. The SMILES string of the molecule is [N-]=[N+]=NCc1sc(-c2csnn2)c(Cl)c1Cl. The maximum Gasteiger partial charge on any atom is 0.117 e. The lowest BCUT2D eigenvalue weighted by molar-refractivity contribution is 1.08. The summed E-state index contributed by atoms with van der Waals surface area (Å²) in [6.45, 7) is 0.192. The number of azide groups is 1. The molecule has 9 heteroatoms. The summed E-state index contributed by atoms with van der Waals surface area (Å²) in [5.74, 6) is 0. The molecule has 2 heterocycles. The molecule has 16 heavy (non-hydrogen) atoms. The van der Waals surface area contributed by atoms with Gasteiger partial charge < -0.3 is 0 Å². The molecule has 0 N–H and O–H groups in total. The molecule has 5 nitrogen and oxygen atoms in total. The van der Waals surface area contributed by atoms with E-state index >= 15 is 0 Å². The lowest BCUT2D eigenvalue weighted by atomic mass is 10.3. The van der Waals surface area contributed by atoms with Crippen molar-refractivity contribution in [3.63, 3.8) is 0 Å². The van der Waals surface area contributed by atoms with Crippen LogP contribution >= 0.6 is 46.1 Å². The normalized spacial score (nSPS) is 10.1. The Hall–Kier alpha value is -0.850. The van der Waals surface area contributed by atoms with Crippen LogP contribution in [0.3, 0.4) is 0 Å². The van der Waals surface area contributed by atoms with E-state index in [-0.39, 0.29) is 6.54 Å². The van der Waals surface area contributed by atoms with Gasteiger partial charge in [-0.25, -0.2) is 0 Å². The third-order valence-corrected chi connectivity index (χ3v) is 4.55. The van der Waals surface area contributed by atoms with E-state index in [1.807, 2.05) is 0 Å². The molecular weight excluding hydrogens is 289 g/mol. The number of halogens is 2. The van der Waals surface area contributed by atoms with Crippen LogP contribution in [0, 0.1) is 0 Å². The third-order valence-electron chi connectivity index (χ3n) is 1.73. The first-order valence-corrected chi connectivity index (χ1v) is 6.40. The topological polar surface area (TPSA) is 74.5 Å². The molecule has 0 saturated heterocycles. The van der Waals surface area contributed by atoms with Crippen LogP contribution in [0.15, 0.2) is 10.5 Å². The molecule has 82 valence electrons. The Labute approximate surface area is 108 Å². The fraction of sp³-hybridized carbons (Fsp3) is 0.143. The van der Waals surface area contributed by atoms with Gasteiger partial charge in [-0.15, -0.1) is 16.4 Å². The van der Waals surface area contributed by atoms with Gasteiger partial charge in [0.05, 0.1) is 21.5 Å². The van der Waals surface area contributed by atoms with Crippen molar-refractivity contribution >= 4 is 46.1 Å². The van der Waals surface area contributed by atoms with E-state index in [0.29, 0.717) is 15.7 Å². The highest BCUT2D eigenvalue weighted by Crippen LogP contribution is 2.43. The Balaban J connectivity index is 2.45. The highest BCUT2D eigenvalue weighted by molar-refractivity contribution is 7.17. The quantitative estimate of drug-likeness (QED) is 0.478. The summed E-state index contributed by atoms with van der Waals surface area (Å²) in [5.41, 5.74) is 8.93. The van der Waals surface area contributed by atoms with E-state index in [2.05, 4.69) is 19.6 Å². The molecule has 0 saturated carbocycles. The van der Waals surface area contributed by atoms with E-state index in [1.165, 1.54) is 22.9 Å². The molecule has 0 spiro atoms. The molecule has 0 aliphatic rings. The summed E-state index contributed by atoms with van der Waals surface area (Å²) in [6, 6.07) is 0. The second-order valence-corrected chi connectivity index (χ2v) is 5.13. The molecular formula is C7H3Cl2N5S2. The van der Waals surface area contributed by atoms with Crippen LogP contribution in [-0.4, -0.2) is 9.59 Å². The van der Waals surface area contributed by atoms with Crippen molar-refractivity contribution in [2.24, 2.45) is 5.11 Å². The zero-order valence-electron chi connectivity index (χ0n) is 7.59. The van der Waals surface area contributed by atoms with Gasteiger partial charge in [0.1, 0.15) is 5.69 Å². The van der Waals surface area contributed by atoms with Gasteiger partial charge >= 0.3 is 0 Å². The molecule has 2 aromatic rings. The first-order valence-electron chi connectivity index (χ1n) is 3.99. The van der Waals surface area contributed by atoms with Crippen LogP contribution in [0.5, 0.6) is 0 Å².